The van der Waals surface area contributed by atoms with Crippen LogP contribution in [0.15, 0.2) is 18.2 Å². The minimum atomic E-state index is -0.828. The normalized spacial score (nSPS) is 14.2. The van der Waals surface area contributed by atoms with E-state index in [0.717, 1.165) is 11.1 Å². The molecule has 0 unspecified atom stereocenters. The Morgan fingerprint density at radius 3 is 2.31 bits per heavy atom. The van der Waals surface area contributed by atoms with Crippen molar-refractivity contribution >= 4 is 25.7 Å². The van der Waals surface area contributed by atoms with E-state index in [-0.39, 0.29) is 0 Å². The van der Waals surface area contributed by atoms with Gasteiger partial charge in [-0.1, -0.05) is 49.3 Å². The largest absolute Gasteiger partial charge is 0.325 e. The van der Waals surface area contributed by atoms with Gasteiger partial charge in [-0.15, -0.1) is 0 Å². The van der Waals surface area contributed by atoms with Crippen molar-refractivity contribution in [3.8, 4) is 0 Å². The van der Waals surface area contributed by atoms with E-state index in [1.54, 1.807) is 0 Å². The van der Waals surface area contributed by atoms with Gasteiger partial charge in [-0.05, 0) is 0 Å². The van der Waals surface area contributed by atoms with Crippen LogP contribution in [0, 0.1) is 10.8 Å². The van der Waals surface area contributed by atoms with Crippen LogP contribution in [0.2, 0.25) is 12.1 Å². The molecule has 16 heavy (non-hydrogen) atoms. The van der Waals surface area contributed by atoms with Crippen LogP contribution in [0.1, 0.15) is 25.0 Å². The molecule has 1 aromatic carbocycles. The van der Waals surface area contributed by atoms with Gasteiger partial charge in [0.05, 0.1) is 8.80 Å². The third kappa shape index (κ3) is 1.69. The average molecular weight is 231 g/mol. The molecule has 0 amide bonds. The molecule has 0 radical (unpaired) electrons. The topological polar surface area (TPSA) is 59.7 Å². The second-order valence-corrected chi connectivity index (χ2v) is 7.89. The lowest BCUT2D eigenvalue weighted by Crippen LogP contribution is -2.28. The van der Waals surface area contributed by atoms with Crippen molar-refractivity contribution in [2.75, 3.05) is 0 Å². The number of fused-ring (bicyclic) bond motifs is 1. The van der Waals surface area contributed by atoms with Gasteiger partial charge >= 0.3 is 0 Å². The highest BCUT2D eigenvalue weighted by atomic mass is 28.3. The second kappa shape index (κ2) is 4.21. The van der Waals surface area contributed by atoms with Crippen LogP contribution in [0.4, 0.5) is 0 Å². The minimum absolute atomic E-state index is 0.359. The number of nitrogens with one attached hydrogen (secondary N) is 3. The van der Waals surface area contributed by atoms with Crippen molar-refractivity contribution in [3.05, 3.63) is 29.3 Å². The minimum Gasteiger partial charge on any atom is -0.325 e. The molecule has 4 heteroatoms. The fourth-order valence-corrected chi connectivity index (χ4v) is 4.55. The van der Waals surface area contributed by atoms with Gasteiger partial charge in [-0.3, -0.25) is 10.8 Å². The molecule has 1 aromatic rings. The summed E-state index contributed by atoms with van der Waals surface area (Å²) in [7, 11) is -0.828. The first-order valence-electron chi connectivity index (χ1n) is 5.76. The Morgan fingerprint density at radius 1 is 1.06 bits per heavy atom. The Labute approximate surface area is 97.5 Å². The van der Waals surface area contributed by atoms with Crippen LogP contribution >= 0.6 is 0 Å². The third-order valence-electron chi connectivity index (χ3n) is 3.29. The average Bonchev–Trinajstić information content (AvgIpc) is 2.57. The van der Waals surface area contributed by atoms with Crippen molar-refractivity contribution in [2.24, 2.45) is 0 Å². The van der Waals surface area contributed by atoms with Crippen molar-refractivity contribution in [3.63, 3.8) is 0 Å². The first-order chi connectivity index (χ1) is 7.67. The van der Waals surface area contributed by atoms with Gasteiger partial charge < -0.3 is 5.32 Å². The molecule has 2 rings (SSSR count). The standard InChI is InChI=1S/C12H17N3Si/c1-3-16(4-2)8-5-6-9-10(7-8)12(14)15-11(9)13/h5-7,16H,3-4H2,1-2H3,(H3,13,14,15). The molecule has 0 fully saturated rings. The highest BCUT2D eigenvalue weighted by molar-refractivity contribution is 6.73. The molecule has 0 saturated heterocycles. The van der Waals surface area contributed by atoms with E-state index < -0.39 is 8.80 Å². The predicted molar refractivity (Wildman–Crippen MR) is 71.0 cm³/mol. The zero-order valence-corrected chi connectivity index (χ0v) is 10.9. The van der Waals surface area contributed by atoms with Crippen LogP contribution in [0.3, 0.4) is 0 Å². The Balaban J connectivity index is 2.43. The van der Waals surface area contributed by atoms with Crippen molar-refractivity contribution in [1.29, 1.82) is 10.8 Å². The first kappa shape index (κ1) is 11.1. The monoisotopic (exact) mass is 231 g/mol. The summed E-state index contributed by atoms with van der Waals surface area (Å²) in [6.07, 6.45) is 0. The zero-order chi connectivity index (χ0) is 11.7. The summed E-state index contributed by atoms with van der Waals surface area (Å²) in [6, 6.07) is 8.78. The van der Waals surface area contributed by atoms with E-state index in [1.807, 2.05) is 6.07 Å². The first-order valence-corrected chi connectivity index (χ1v) is 7.97. The summed E-state index contributed by atoms with van der Waals surface area (Å²) >= 11 is 0. The van der Waals surface area contributed by atoms with Gasteiger partial charge in [0.1, 0.15) is 11.7 Å². The van der Waals surface area contributed by atoms with Gasteiger partial charge in [0.15, 0.2) is 0 Å². The summed E-state index contributed by atoms with van der Waals surface area (Å²) in [6.45, 7) is 4.50. The molecular formula is C12H17N3Si. The van der Waals surface area contributed by atoms with Crippen LogP contribution in [-0.2, 0) is 0 Å². The Kier molecular flexibility index (Phi) is 2.92. The third-order valence-corrected chi connectivity index (χ3v) is 6.56. The quantitative estimate of drug-likeness (QED) is 0.677. The molecule has 3 N–H and O–H groups in total. The molecule has 0 aromatic heterocycles. The molecule has 0 bridgehead atoms. The SMILES string of the molecule is CC[SiH](CC)c1ccc2c(c1)C(=N)NC2=N. The van der Waals surface area contributed by atoms with Crippen molar-refractivity contribution in [2.45, 2.75) is 25.9 Å². The van der Waals surface area contributed by atoms with E-state index >= 15 is 0 Å². The number of hydrogen-bond acceptors (Lipinski definition) is 2. The van der Waals surface area contributed by atoms with E-state index in [1.165, 1.54) is 17.3 Å². The molecule has 1 aliphatic heterocycles. The maximum absolute atomic E-state index is 7.78. The zero-order valence-electron chi connectivity index (χ0n) is 9.72. The highest BCUT2D eigenvalue weighted by Gasteiger charge is 2.22. The molecule has 0 aliphatic carbocycles. The predicted octanol–water partition coefficient (Wildman–Crippen LogP) is 1.41. The molecule has 84 valence electrons. The maximum Gasteiger partial charge on any atom is 0.131 e. The summed E-state index contributed by atoms with van der Waals surface area (Å²) in [5.41, 5.74) is 1.77. The lowest BCUT2D eigenvalue weighted by Gasteiger charge is -2.11. The molecule has 3 nitrogen and oxygen atoms in total. The molecule has 0 atom stereocenters. The number of amidine groups is 2. The van der Waals surface area contributed by atoms with E-state index in [4.69, 9.17) is 10.8 Å². The Bertz CT molecular complexity index is 450. The number of hydrogen-bond donors (Lipinski definition) is 3. The van der Waals surface area contributed by atoms with E-state index in [0.29, 0.717) is 11.7 Å². The summed E-state index contributed by atoms with van der Waals surface area (Å²) in [5, 5.41) is 19.7. The van der Waals surface area contributed by atoms with Crippen LogP contribution in [0.5, 0.6) is 0 Å². The van der Waals surface area contributed by atoms with Gasteiger partial charge in [0.25, 0.3) is 0 Å². The van der Waals surface area contributed by atoms with Crippen LogP contribution in [-0.4, -0.2) is 20.5 Å². The smallest absolute Gasteiger partial charge is 0.131 e. The highest BCUT2D eigenvalue weighted by Crippen LogP contribution is 2.14. The Hall–Kier alpha value is -1.42. The molecule has 0 saturated carbocycles. The number of benzene rings is 1. The van der Waals surface area contributed by atoms with Gasteiger partial charge in [0.2, 0.25) is 0 Å². The van der Waals surface area contributed by atoms with Gasteiger partial charge in [0, 0.05) is 11.1 Å². The number of rotatable bonds is 3. The second-order valence-electron chi connectivity index (χ2n) is 4.19. The summed E-state index contributed by atoms with van der Waals surface area (Å²) in [4.78, 5) is 0. The lowest BCUT2D eigenvalue weighted by atomic mass is 10.1. The Morgan fingerprint density at radius 2 is 1.69 bits per heavy atom. The molecular weight excluding hydrogens is 214 g/mol. The molecule has 1 heterocycles. The van der Waals surface area contributed by atoms with Crippen molar-refractivity contribution in [1.82, 2.24) is 5.32 Å². The fourth-order valence-electron chi connectivity index (χ4n) is 2.26. The molecule has 1 aliphatic rings. The van der Waals surface area contributed by atoms with Crippen LogP contribution < -0.4 is 10.5 Å². The van der Waals surface area contributed by atoms with Crippen molar-refractivity contribution < 1.29 is 0 Å². The van der Waals surface area contributed by atoms with Gasteiger partial charge in [-0.25, -0.2) is 0 Å². The molecule has 0 spiro atoms. The lowest BCUT2D eigenvalue weighted by molar-refractivity contribution is 1.29. The van der Waals surface area contributed by atoms with E-state index in [2.05, 4.69) is 31.3 Å². The maximum atomic E-state index is 7.78. The summed E-state index contributed by atoms with van der Waals surface area (Å²) in [5.74, 6) is 0.736. The van der Waals surface area contributed by atoms with Gasteiger partial charge in [-0.2, -0.15) is 0 Å². The van der Waals surface area contributed by atoms with Crippen LogP contribution in [0.25, 0.3) is 0 Å². The van der Waals surface area contributed by atoms with E-state index in [9.17, 15) is 0 Å². The summed E-state index contributed by atoms with van der Waals surface area (Å²) < 4.78 is 0. The fraction of sp³-hybridized carbons (Fsp3) is 0.333.